The van der Waals surface area contributed by atoms with E-state index in [-0.39, 0.29) is 10.6 Å². The summed E-state index contributed by atoms with van der Waals surface area (Å²) in [5, 5.41) is 0. The standard InChI is InChI=1S/C15H17NO3S/c1-2-3-7-13-10-11-14(12-16-13)19-20(17,18)15-8-5-4-6-9-15/h4-6,8-12H,2-3,7H2,1H3. The average Bonchev–Trinajstić information content (AvgIpc) is 2.47. The Bertz CT molecular complexity index is 637. The van der Waals surface area contributed by atoms with Crippen LogP contribution in [0.4, 0.5) is 0 Å². The van der Waals surface area contributed by atoms with Crippen molar-refractivity contribution in [3.8, 4) is 5.75 Å². The third-order valence-electron chi connectivity index (χ3n) is 2.82. The first-order chi connectivity index (χ1) is 9.62. The summed E-state index contributed by atoms with van der Waals surface area (Å²) in [6.45, 7) is 2.11. The lowest BCUT2D eigenvalue weighted by Gasteiger charge is -2.07. The molecule has 1 heterocycles. The number of pyridine rings is 1. The maximum absolute atomic E-state index is 12.0. The highest BCUT2D eigenvalue weighted by atomic mass is 32.2. The highest BCUT2D eigenvalue weighted by Crippen LogP contribution is 2.18. The Labute approximate surface area is 119 Å². The third kappa shape index (κ3) is 3.81. The number of hydrogen-bond donors (Lipinski definition) is 0. The molecule has 2 aromatic rings. The molecular formula is C15H17NO3S. The van der Waals surface area contributed by atoms with E-state index < -0.39 is 10.1 Å². The van der Waals surface area contributed by atoms with Crippen LogP contribution >= 0.6 is 0 Å². The maximum Gasteiger partial charge on any atom is 0.339 e. The van der Waals surface area contributed by atoms with Crippen LogP contribution in [0.1, 0.15) is 25.5 Å². The predicted molar refractivity (Wildman–Crippen MR) is 77.1 cm³/mol. The van der Waals surface area contributed by atoms with Gasteiger partial charge in [0.25, 0.3) is 0 Å². The fraction of sp³-hybridized carbons (Fsp3) is 0.267. The topological polar surface area (TPSA) is 56.3 Å². The van der Waals surface area contributed by atoms with Gasteiger partial charge < -0.3 is 4.18 Å². The van der Waals surface area contributed by atoms with Gasteiger partial charge in [0.2, 0.25) is 0 Å². The van der Waals surface area contributed by atoms with Crippen LogP contribution in [0.3, 0.4) is 0 Å². The molecule has 4 nitrogen and oxygen atoms in total. The molecule has 0 atom stereocenters. The van der Waals surface area contributed by atoms with Gasteiger partial charge in [-0.2, -0.15) is 8.42 Å². The second kappa shape index (κ2) is 6.52. The summed E-state index contributed by atoms with van der Waals surface area (Å²) in [5.41, 5.74) is 0.941. The number of nitrogens with zero attached hydrogens (tertiary/aromatic N) is 1. The number of aromatic nitrogens is 1. The Morgan fingerprint density at radius 2 is 1.85 bits per heavy atom. The van der Waals surface area contributed by atoms with Crippen molar-refractivity contribution in [2.75, 3.05) is 0 Å². The van der Waals surface area contributed by atoms with E-state index in [0.717, 1.165) is 25.0 Å². The van der Waals surface area contributed by atoms with Gasteiger partial charge in [0.05, 0.1) is 6.20 Å². The molecule has 5 heteroatoms. The van der Waals surface area contributed by atoms with Crippen molar-refractivity contribution in [2.45, 2.75) is 31.1 Å². The summed E-state index contributed by atoms with van der Waals surface area (Å²) in [6, 6.07) is 11.5. The van der Waals surface area contributed by atoms with Gasteiger partial charge in [-0.1, -0.05) is 31.5 Å². The molecule has 0 radical (unpaired) electrons. The number of hydrogen-bond acceptors (Lipinski definition) is 4. The highest BCUT2D eigenvalue weighted by molar-refractivity contribution is 7.87. The van der Waals surface area contributed by atoms with Crippen molar-refractivity contribution < 1.29 is 12.6 Å². The van der Waals surface area contributed by atoms with Crippen LogP contribution in [-0.2, 0) is 16.5 Å². The van der Waals surface area contributed by atoms with Crippen LogP contribution in [0.15, 0.2) is 53.6 Å². The van der Waals surface area contributed by atoms with Crippen molar-refractivity contribution in [3.05, 3.63) is 54.4 Å². The van der Waals surface area contributed by atoms with E-state index >= 15 is 0 Å². The minimum atomic E-state index is -3.78. The number of aryl methyl sites for hydroxylation is 1. The summed E-state index contributed by atoms with van der Waals surface area (Å²) < 4.78 is 29.1. The molecular weight excluding hydrogens is 274 g/mol. The van der Waals surface area contributed by atoms with Crippen molar-refractivity contribution in [1.29, 1.82) is 0 Å². The van der Waals surface area contributed by atoms with Gasteiger partial charge in [-0.15, -0.1) is 0 Å². The van der Waals surface area contributed by atoms with Gasteiger partial charge in [0, 0.05) is 5.69 Å². The molecule has 0 amide bonds. The van der Waals surface area contributed by atoms with E-state index in [1.807, 2.05) is 0 Å². The van der Waals surface area contributed by atoms with E-state index in [4.69, 9.17) is 4.18 Å². The van der Waals surface area contributed by atoms with Crippen LogP contribution in [0.25, 0.3) is 0 Å². The summed E-state index contributed by atoms with van der Waals surface area (Å²) in [4.78, 5) is 4.34. The normalized spacial score (nSPS) is 11.2. The second-order valence-corrected chi connectivity index (χ2v) is 5.99. The summed E-state index contributed by atoms with van der Waals surface area (Å²) in [6.07, 6.45) is 4.51. The number of rotatable bonds is 6. The Morgan fingerprint density at radius 1 is 1.10 bits per heavy atom. The van der Waals surface area contributed by atoms with E-state index in [1.54, 1.807) is 30.3 Å². The second-order valence-electron chi connectivity index (χ2n) is 4.44. The van der Waals surface area contributed by atoms with Gasteiger partial charge in [0.1, 0.15) is 4.90 Å². The van der Waals surface area contributed by atoms with Crippen LogP contribution < -0.4 is 4.18 Å². The Balaban J connectivity index is 2.10. The van der Waals surface area contributed by atoms with E-state index in [0.29, 0.717) is 0 Å². The molecule has 1 aromatic carbocycles. The van der Waals surface area contributed by atoms with Crippen molar-refractivity contribution in [1.82, 2.24) is 4.98 Å². The first kappa shape index (κ1) is 14.5. The predicted octanol–water partition coefficient (Wildman–Crippen LogP) is 3.19. The van der Waals surface area contributed by atoms with Gasteiger partial charge >= 0.3 is 10.1 Å². The molecule has 1 aromatic heterocycles. The zero-order valence-corrected chi connectivity index (χ0v) is 12.1. The van der Waals surface area contributed by atoms with Gasteiger partial charge in [-0.3, -0.25) is 4.98 Å². The third-order valence-corrected chi connectivity index (χ3v) is 4.08. The lowest BCUT2D eigenvalue weighted by molar-refractivity contribution is 0.484. The lowest BCUT2D eigenvalue weighted by Crippen LogP contribution is -2.09. The van der Waals surface area contributed by atoms with Crippen LogP contribution in [0, 0.1) is 0 Å². The Kier molecular flexibility index (Phi) is 4.74. The van der Waals surface area contributed by atoms with Gasteiger partial charge in [-0.05, 0) is 37.1 Å². The van der Waals surface area contributed by atoms with Gasteiger partial charge in [-0.25, -0.2) is 0 Å². The molecule has 0 bridgehead atoms. The van der Waals surface area contributed by atoms with Crippen LogP contribution in [-0.4, -0.2) is 13.4 Å². The SMILES string of the molecule is CCCCc1ccc(OS(=O)(=O)c2ccccc2)cn1. The Morgan fingerprint density at radius 3 is 2.45 bits per heavy atom. The average molecular weight is 291 g/mol. The lowest BCUT2D eigenvalue weighted by atomic mass is 10.2. The van der Waals surface area contributed by atoms with Crippen LogP contribution in [0.2, 0.25) is 0 Å². The zero-order chi connectivity index (χ0) is 14.4. The quantitative estimate of drug-likeness (QED) is 0.767. The molecule has 20 heavy (non-hydrogen) atoms. The molecule has 0 N–H and O–H groups in total. The first-order valence-electron chi connectivity index (χ1n) is 6.56. The molecule has 0 aliphatic rings. The largest absolute Gasteiger partial charge is 0.377 e. The van der Waals surface area contributed by atoms with E-state index in [2.05, 4.69) is 11.9 Å². The van der Waals surface area contributed by atoms with Crippen molar-refractivity contribution in [3.63, 3.8) is 0 Å². The highest BCUT2D eigenvalue weighted by Gasteiger charge is 2.15. The van der Waals surface area contributed by atoms with E-state index in [9.17, 15) is 8.42 Å². The number of benzene rings is 1. The summed E-state index contributed by atoms with van der Waals surface area (Å²) >= 11 is 0. The molecule has 2 rings (SSSR count). The Hall–Kier alpha value is -1.88. The van der Waals surface area contributed by atoms with Crippen molar-refractivity contribution >= 4 is 10.1 Å². The zero-order valence-electron chi connectivity index (χ0n) is 11.3. The van der Waals surface area contributed by atoms with Crippen LogP contribution in [0.5, 0.6) is 5.75 Å². The smallest absolute Gasteiger partial charge is 0.339 e. The molecule has 0 saturated heterocycles. The maximum atomic E-state index is 12.0. The monoisotopic (exact) mass is 291 g/mol. The van der Waals surface area contributed by atoms with Gasteiger partial charge in [0.15, 0.2) is 5.75 Å². The molecule has 0 fully saturated rings. The molecule has 0 saturated carbocycles. The minimum absolute atomic E-state index is 0.134. The summed E-state index contributed by atoms with van der Waals surface area (Å²) in [5.74, 6) is 0.231. The fourth-order valence-corrected chi connectivity index (χ4v) is 2.67. The molecule has 0 aliphatic heterocycles. The number of unbranched alkanes of at least 4 members (excludes halogenated alkanes) is 1. The fourth-order valence-electron chi connectivity index (χ4n) is 1.73. The first-order valence-corrected chi connectivity index (χ1v) is 7.97. The minimum Gasteiger partial charge on any atom is -0.377 e. The molecule has 0 spiro atoms. The van der Waals surface area contributed by atoms with E-state index in [1.165, 1.54) is 18.3 Å². The molecule has 106 valence electrons. The summed E-state index contributed by atoms with van der Waals surface area (Å²) in [7, 11) is -3.78. The van der Waals surface area contributed by atoms with Crippen molar-refractivity contribution in [2.24, 2.45) is 0 Å². The molecule has 0 aliphatic carbocycles. The molecule has 0 unspecified atom stereocenters.